The topological polar surface area (TPSA) is 99.1 Å². The van der Waals surface area contributed by atoms with Crippen molar-refractivity contribution in [3.63, 3.8) is 0 Å². The normalized spacial score (nSPS) is 14.1. The van der Waals surface area contributed by atoms with Gasteiger partial charge in [0.15, 0.2) is 15.7 Å². The van der Waals surface area contributed by atoms with Crippen molar-refractivity contribution in [3.05, 3.63) is 11.7 Å². The molecule has 0 amide bonds. The van der Waals surface area contributed by atoms with Crippen molar-refractivity contribution >= 4 is 9.84 Å². The number of sulfone groups is 1. The molecule has 1 unspecified atom stereocenters. The van der Waals surface area contributed by atoms with E-state index in [0.29, 0.717) is 12.3 Å². The summed E-state index contributed by atoms with van der Waals surface area (Å²) in [6, 6.07) is 0.0651. The molecule has 0 saturated carbocycles. The summed E-state index contributed by atoms with van der Waals surface area (Å²) in [6.07, 6.45) is 2.44. The summed E-state index contributed by atoms with van der Waals surface area (Å²) in [6.45, 7) is 1.88. The fraction of sp³-hybridized carbons (Fsp3) is 0.750. The molecule has 1 aromatic rings. The molecule has 6 nitrogen and oxygen atoms in total. The molecule has 7 heteroatoms. The van der Waals surface area contributed by atoms with E-state index in [2.05, 4.69) is 10.1 Å². The maximum absolute atomic E-state index is 10.9. The predicted molar refractivity (Wildman–Crippen MR) is 54.8 cm³/mol. The highest BCUT2D eigenvalue weighted by molar-refractivity contribution is 7.89. The maximum Gasteiger partial charge on any atom is 0.226 e. The van der Waals surface area contributed by atoms with Crippen LogP contribution in [0.15, 0.2) is 4.52 Å². The van der Waals surface area contributed by atoms with Crippen molar-refractivity contribution in [2.45, 2.75) is 31.6 Å². The van der Waals surface area contributed by atoms with Crippen molar-refractivity contribution in [1.29, 1.82) is 0 Å². The SMILES string of the molecule is CC(N)CCc1nc(CS(C)(=O)=O)no1. The molecular weight excluding hydrogens is 218 g/mol. The highest BCUT2D eigenvalue weighted by Crippen LogP contribution is 2.04. The van der Waals surface area contributed by atoms with Gasteiger partial charge in [-0.2, -0.15) is 4.98 Å². The predicted octanol–water partition coefficient (Wildman–Crippen LogP) is -0.106. The quantitative estimate of drug-likeness (QED) is 0.762. The van der Waals surface area contributed by atoms with Crippen LogP contribution in [-0.4, -0.2) is 30.9 Å². The largest absolute Gasteiger partial charge is 0.339 e. The smallest absolute Gasteiger partial charge is 0.226 e. The summed E-state index contributed by atoms with van der Waals surface area (Å²) < 4.78 is 26.7. The van der Waals surface area contributed by atoms with Crippen LogP contribution in [0.4, 0.5) is 0 Å². The van der Waals surface area contributed by atoms with Gasteiger partial charge in [-0.15, -0.1) is 0 Å². The first-order chi connectivity index (χ1) is 6.87. The fourth-order valence-corrected chi connectivity index (χ4v) is 1.62. The Bertz CT molecular complexity index is 411. The molecule has 0 saturated heterocycles. The molecule has 1 atom stereocenters. The second-order valence-corrected chi connectivity index (χ2v) is 5.83. The van der Waals surface area contributed by atoms with Crippen molar-refractivity contribution in [2.75, 3.05) is 6.26 Å². The Kier molecular flexibility index (Phi) is 3.81. The average molecular weight is 233 g/mol. The van der Waals surface area contributed by atoms with Gasteiger partial charge in [0, 0.05) is 18.7 Å². The van der Waals surface area contributed by atoms with E-state index in [1.807, 2.05) is 6.92 Å². The third-order valence-corrected chi connectivity index (χ3v) is 2.50. The summed E-state index contributed by atoms with van der Waals surface area (Å²) in [5.41, 5.74) is 5.56. The Morgan fingerprint density at radius 1 is 1.53 bits per heavy atom. The number of nitrogens with two attached hydrogens (primary N) is 1. The molecule has 1 aromatic heterocycles. The molecule has 1 heterocycles. The van der Waals surface area contributed by atoms with Gasteiger partial charge in [-0.05, 0) is 13.3 Å². The Labute approximate surface area is 88.8 Å². The highest BCUT2D eigenvalue weighted by Gasteiger charge is 2.12. The van der Waals surface area contributed by atoms with Crippen LogP contribution in [0.5, 0.6) is 0 Å². The van der Waals surface area contributed by atoms with Crippen LogP contribution >= 0.6 is 0 Å². The minimum absolute atomic E-state index is 0.0651. The van der Waals surface area contributed by atoms with E-state index < -0.39 is 9.84 Å². The van der Waals surface area contributed by atoms with Crippen LogP contribution in [-0.2, 0) is 22.0 Å². The van der Waals surface area contributed by atoms with E-state index in [0.717, 1.165) is 12.7 Å². The Morgan fingerprint density at radius 2 is 2.20 bits per heavy atom. The average Bonchev–Trinajstić information content (AvgIpc) is 2.45. The van der Waals surface area contributed by atoms with Crippen LogP contribution in [0, 0.1) is 0 Å². The molecule has 0 aromatic carbocycles. The Morgan fingerprint density at radius 3 is 2.73 bits per heavy atom. The van der Waals surface area contributed by atoms with Crippen LogP contribution in [0.1, 0.15) is 25.1 Å². The van der Waals surface area contributed by atoms with E-state index in [1.54, 1.807) is 0 Å². The van der Waals surface area contributed by atoms with Gasteiger partial charge in [-0.25, -0.2) is 8.42 Å². The lowest BCUT2D eigenvalue weighted by atomic mass is 10.2. The molecule has 2 N–H and O–H groups in total. The van der Waals surface area contributed by atoms with Crippen molar-refractivity contribution in [2.24, 2.45) is 5.73 Å². The highest BCUT2D eigenvalue weighted by atomic mass is 32.2. The first-order valence-electron chi connectivity index (χ1n) is 4.61. The fourth-order valence-electron chi connectivity index (χ4n) is 1.04. The van der Waals surface area contributed by atoms with Gasteiger partial charge in [-0.1, -0.05) is 5.16 Å². The number of hydrogen-bond acceptors (Lipinski definition) is 6. The Balaban J connectivity index is 2.57. The van der Waals surface area contributed by atoms with E-state index in [-0.39, 0.29) is 17.6 Å². The maximum atomic E-state index is 10.9. The Hall–Kier alpha value is -0.950. The third kappa shape index (κ3) is 4.89. The van der Waals surface area contributed by atoms with Gasteiger partial charge in [0.1, 0.15) is 5.75 Å². The zero-order valence-corrected chi connectivity index (χ0v) is 9.62. The van der Waals surface area contributed by atoms with Gasteiger partial charge < -0.3 is 10.3 Å². The molecule has 86 valence electrons. The van der Waals surface area contributed by atoms with Crippen molar-refractivity contribution in [3.8, 4) is 0 Å². The second-order valence-electron chi connectivity index (χ2n) is 3.69. The van der Waals surface area contributed by atoms with Gasteiger partial charge >= 0.3 is 0 Å². The number of nitrogens with zero attached hydrogens (tertiary/aromatic N) is 2. The van der Waals surface area contributed by atoms with Crippen LogP contribution in [0.2, 0.25) is 0 Å². The minimum Gasteiger partial charge on any atom is -0.339 e. The van der Waals surface area contributed by atoms with E-state index >= 15 is 0 Å². The summed E-state index contributed by atoms with van der Waals surface area (Å²) in [5.74, 6) is 0.456. The number of rotatable bonds is 5. The standard InChI is InChI=1S/C8H15N3O3S/c1-6(9)3-4-8-10-7(11-14-8)5-15(2,12)13/h6H,3-5,9H2,1-2H3. The monoisotopic (exact) mass is 233 g/mol. The van der Waals surface area contributed by atoms with E-state index in [9.17, 15) is 8.42 Å². The first kappa shape index (κ1) is 12.1. The first-order valence-corrected chi connectivity index (χ1v) is 6.67. The zero-order chi connectivity index (χ0) is 11.5. The van der Waals surface area contributed by atoms with Gasteiger partial charge in [-0.3, -0.25) is 0 Å². The van der Waals surface area contributed by atoms with Crippen LogP contribution < -0.4 is 5.73 Å². The summed E-state index contributed by atoms with van der Waals surface area (Å²) >= 11 is 0. The van der Waals surface area contributed by atoms with Gasteiger partial charge in [0.2, 0.25) is 5.89 Å². The van der Waals surface area contributed by atoms with Gasteiger partial charge in [0.05, 0.1) is 0 Å². The molecule has 0 radical (unpaired) electrons. The molecular formula is C8H15N3O3S. The van der Waals surface area contributed by atoms with Crippen molar-refractivity contribution < 1.29 is 12.9 Å². The van der Waals surface area contributed by atoms with Crippen molar-refractivity contribution in [1.82, 2.24) is 10.1 Å². The molecule has 0 spiro atoms. The second kappa shape index (κ2) is 4.71. The summed E-state index contributed by atoms with van der Waals surface area (Å²) in [5, 5.41) is 3.57. The molecule has 0 fully saturated rings. The third-order valence-electron chi connectivity index (χ3n) is 1.71. The van der Waals surface area contributed by atoms with Crippen LogP contribution in [0.25, 0.3) is 0 Å². The summed E-state index contributed by atoms with van der Waals surface area (Å²) in [7, 11) is -3.10. The number of hydrogen-bond donors (Lipinski definition) is 1. The number of aromatic nitrogens is 2. The molecule has 0 bridgehead atoms. The summed E-state index contributed by atoms with van der Waals surface area (Å²) in [4.78, 5) is 3.96. The molecule has 0 aliphatic rings. The molecule has 0 aliphatic heterocycles. The molecule has 1 rings (SSSR count). The van der Waals surface area contributed by atoms with E-state index in [1.165, 1.54) is 0 Å². The lowest BCUT2D eigenvalue weighted by Gasteiger charge is -1.99. The lowest BCUT2D eigenvalue weighted by Crippen LogP contribution is -2.15. The molecule has 0 aliphatic carbocycles. The zero-order valence-electron chi connectivity index (χ0n) is 8.80. The minimum atomic E-state index is -3.10. The molecule has 15 heavy (non-hydrogen) atoms. The van der Waals surface area contributed by atoms with E-state index in [4.69, 9.17) is 10.3 Å². The van der Waals surface area contributed by atoms with Crippen LogP contribution in [0.3, 0.4) is 0 Å². The number of aryl methyl sites for hydroxylation is 1. The lowest BCUT2D eigenvalue weighted by molar-refractivity contribution is 0.368. The van der Waals surface area contributed by atoms with Gasteiger partial charge in [0.25, 0.3) is 0 Å².